The van der Waals surface area contributed by atoms with Crippen molar-refractivity contribution >= 4 is 16.5 Å². The van der Waals surface area contributed by atoms with Crippen LogP contribution in [0.3, 0.4) is 0 Å². The van der Waals surface area contributed by atoms with Gasteiger partial charge in [-0.3, -0.25) is 4.48 Å². The van der Waals surface area contributed by atoms with E-state index in [1.54, 1.807) is 21.0 Å². The molecule has 1 amide bonds. The second-order valence-electron chi connectivity index (χ2n) is 3.90. The molecule has 1 unspecified atom stereocenters. The standard InChI is InChI=1S/C7H15NO4S/c1-7(5-13(10,11)12)4-8(2,3)6-9/h6-7H,4-5H2,1-3H3. The number of nitrogens with zero attached hydrogens (tertiary/aromatic N) is 1. The summed E-state index contributed by atoms with van der Waals surface area (Å²) in [6.45, 7) is 1.99. The first kappa shape index (κ1) is 12.5. The van der Waals surface area contributed by atoms with Gasteiger partial charge in [-0.15, -0.1) is 0 Å². The van der Waals surface area contributed by atoms with Crippen molar-refractivity contribution in [1.29, 1.82) is 0 Å². The van der Waals surface area contributed by atoms with E-state index in [9.17, 15) is 17.8 Å². The maximum Gasteiger partial charge on any atom is 0.301 e. The molecule has 0 aromatic rings. The lowest BCUT2D eigenvalue weighted by atomic mass is 10.2. The zero-order valence-electron chi connectivity index (χ0n) is 8.06. The van der Waals surface area contributed by atoms with Crippen molar-refractivity contribution in [2.75, 3.05) is 26.4 Å². The topological polar surface area (TPSA) is 74.3 Å². The number of hydrogen-bond acceptors (Lipinski definition) is 4. The van der Waals surface area contributed by atoms with E-state index in [0.717, 1.165) is 0 Å². The maximum atomic E-state index is 10.5. The average molecular weight is 209 g/mol. The molecule has 0 aliphatic heterocycles. The van der Waals surface area contributed by atoms with Crippen molar-refractivity contribution < 1.29 is 22.2 Å². The molecule has 0 bridgehead atoms. The number of quaternary nitrogens is 1. The van der Waals surface area contributed by atoms with Crippen molar-refractivity contribution in [2.45, 2.75) is 6.92 Å². The molecule has 78 valence electrons. The average Bonchev–Trinajstić information content (AvgIpc) is 1.81. The van der Waals surface area contributed by atoms with E-state index in [1.807, 2.05) is 0 Å². The predicted molar refractivity (Wildman–Crippen MR) is 46.8 cm³/mol. The van der Waals surface area contributed by atoms with Gasteiger partial charge in [0.25, 0.3) is 0 Å². The van der Waals surface area contributed by atoms with Crippen LogP contribution >= 0.6 is 0 Å². The Balaban J connectivity index is 4.17. The van der Waals surface area contributed by atoms with E-state index in [2.05, 4.69) is 0 Å². The first-order chi connectivity index (χ1) is 5.66. The van der Waals surface area contributed by atoms with Gasteiger partial charge in [0.15, 0.2) is 0 Å². The Kier molecular flexibility index (Phi) is 4.02. The molecule has 0 aromatic carbocycles. The molecule has 0 aliphatic rings. The minimum atomic E-state index is -4.18. The Labute approximate surface area is 78.7 Å². The molecule has 0 radical (unpaired) electrons. The van der Waals surface area contributed by atoms with Gasteiger partial charge >= 0.3 is 6.41 Å². The molecule has 0 N–H and O–H groups in total. The number of carbonyl (C=O) groups is 1. The summed E-state index contributed by atoms with van der Waals surface area (Å²) in [5.74, 6) is -0.717. The fourth-order valence-corrected chi connectivity index (χ4v) is 2.05. The van der Waals surface area contributed by atoms with Crippen LogP contribution < -0.4 is 0 Å². The highest BCUT2D eigenvalue weighted by Crippen LogP contribution is 2.05. The van der Waals surface area contributed by atoms with Gasteiger partial charge in [-0.2, -0.15) is 0 Å². The van der Waals surface area contributed by atoms with Gasteiger partial charge in [0.2, 0.25) is 0 Å². The van der Waals surface area contributed by atoms with Crippen LogP contribution in [0.25, 0.3) is 0 Å². The molecule has 5 nitrogen and oxygen atoms in total. The third kappa shape index (κ3) is 6.68. The molecular formula is C7H15NO4S. The molecule has 6 heteroatoms. The normalized spacial score (nSPS) is 15.4. The first-order valence-corrected chi connectivity index (χ1v) is 5.46. The molecular weight excluding hydrogens is 194 g/mol. The van der Waals surface area contributed by atoms with Crippen LogP contribution in [0.4, 0.5) is 0 Å². The fourth-order valence-electron chi connectivity index (χ4n) is 1.25. The molecule has 0 saturated carbocycles. The van der Waals surface area contributed by atoms with Gasteiger partial charge in [-0.1, -0.05) is 6.92 Å². The molecule has 0 aliphatic carbocycles. The SMILES string of the molecule is CC(C[N+](C)(C)C=O)CS(=O)(=O)[O-]. The smallest absolute Gasteiger partial charge is 0.301 e. The highest BCUT2D eigenvalue weighted by molar-refractivity contribution is 7.85. The van der Waals surface area contributed by atoms with Gasteiger partial charge in [0.1, 0.15) is 0 Å². The van der Waals surface area contributed by atoms with E-state index in [0.29, 0.717) is 13.0 Å². The second kappa shape index (κ2) is 4.17. The van der Waals surface area contributed by atoms with Crippen molar-refractivity contribution in [3.8, 4) is 0 Å². The zero-order chi connectivity index (χ0) is 10.7. The van der Waals surface area contributed by atoms with Crippen LogP contribution in [0.1, 0.15) is 6.92 Å². The van der Waals surface area contributed by atoms with Gasteiger partial charge in [-0.25, -0.2) is 13.2 Å². The molecule has 0 rings (SSSR count). The minimum Gasteiger partial charge on any atom is -0.748 e. The van der Waals surface area contributed by atoms with E-state index in [-0.39, 0.29) is 10.4 Å². The largest absolute Gasteiger partial charge is 0.748 e. The molecule has 0 heterocycles. The van der Waals surface area contributed by atoms with Crippen LogP contribution in [0.2, 0.25) is 0 Å². The fraction of sp³-hybridized carbons (Fsp3) is 0.857. The van der Waals surface area contributed by atoms with E-state index in [1.165, 1.54) is 0 Å². The number of rotatable bonds is 5. The van der Waals surface area contributed by atoms with Crippen molar-refractivity contribution in [2.24, 2.45) is 5.92 Å². The van der Waals surface area contributed by atoms with Crippen LogP contribution in [0.5, 0.6) is 0 Å². The Morgan fingerprint density at radius 2 is 1.92 bits per heavy atom. The molecule has 13 heavy (non-hydrogen) atoms. The number of amides is 1. The van der Waals surface area contributed by atoms with Crippen molar-refractivity contribution in [1.82, 2.24) is 0 Å². The lowest BCUT2D eigenvalue weighted by Gasteiger charge is -2.25. The highest BCUT2D eigenvalue weighted by Gasteiger charge is 2.19. The number of hydrogen-bond donors (Lipinski definition) is 0. The monoisotopic (exact) mass is 209 g/mol. The Bertz CT molecular complexity index is 270. The van der Waals surface area contributed by atoms with E-state index < -0.39 is 15.9 Å². The van der Waals surface area contributed by atoms with E-state index >= 15 is 0 Å². The van der Waals surface area contributed by atoms with Gasteiger partial charge < -0.3 is 4.55 Å². The second-order valence-corrected chi connectivity index (χ2v) is 5.34. The van der Waals surface area contributed by atoms with Crippen LogP contribution in [0, 0.1) is 5.92 Å². The Hall–Kier alpha value is -0.460. The summed E-state index contributed by atoms with van der Waals surface area (Å²) >= 11 is 0. The van der Waals surface area contributed by atoms with Gasteiger partial charge in [0.05, 0.1) is 30.8 Å². The van der Waals surface area contributed by atoms with Crippen LogP contribution in [-0.2, 0) is 14.9 Å². The molecule has 0 aromatic heterocycles. The highest BCUT2D eigenvalue weighted by atomic mass is 32.2. The third-order valence-corrected chi connectivity index (χ3v) is 2.53. The summed E-state index contributed by atoms with van der Waals surface area (Å²) in [4.78, 5) is 10.5. The van der Waals surface area contributed by atoms with Crippen LogP contribution in [-0.4, -0.2) is 50.3 Å². The first-order valence-electron chi connectivity index (χ1n) is 3.89. The summed E-state index contributed by atoms with van der Waals surface area (Å²) in [6.07, 6.45) is 0.716. The lowest BCUT2D eigenvalue weighted by Crippen LogP contribution is -2.42. The quantitative estimate of drug-likeness (QED) is 0.344. The van der Waals surface area contributed by atoms with Gasteiger partial charge in [0, 0.05) is 11.7 Å². The van der Waals surface area contributed by atoms with Crippen molar-refractivity contribution in [3.05, 3.63) is 0 Å². The Morgan fingerprint density at radius 1 is 1.46 bits per heavy atom. The molecule has 0 saturated heterocycles. The zero-order valence-corrected chi connectivity index (χ0v) is 8.87. The van der Waals surface area contributed by atoms with Crippen molar-refractivity contribution in [3.63, 3.8) is 0 Å². The predicted octanol–water partition coefficient (Wildman–Crippen LogP) is -0.599. The summed E-state index contributed by atoms with van der Waals surface area (Å²) < 4.78 is 31.2. The summed E-state index contributed by atoms with van der Waals surface area (Å²) in [7, 11) is -0.873. The maximum absolute atomic E-state index is 10.5. The minimum absolute atomic E-state index is 0.0662. The molecule has 1 atom stereocenters. The lowest BCUT2D eigenvalue weighted by molar-refractivity contribution is -0.807. The van der Waals surface area contributed by atoms with Crippen LogP contribution in [0.15, 0.2) is 0 Å². The summed E-state index contributed by atoms with van der Waals surface area (Å²) in [5, 5.41) is 0. The van der Waals surface area contributed by atoms with E-state index in [4.69, 9.17) is 0 Å². The summed E-state index contributed by atoms with van der Waals surface area (Å²) in [5.41, 5.74) is 0. The molecule has 0 fully saturated rings. The third-order valence-electron chi connectivity index (χ3n) is 1.56. The summed E-state index contributed by atoms with van der Waals surface area (Å²) in [6, 6.07) is 0. The van der Waals surface area contributed by atoms with Gasteiger partial charge in [-0.05, 0) is 0 Å². The molecule has 0 spiro atoms. The Morgan fingerprint density at radius 3 is 2.23 bits per heavy atom. The number of carbonyl (C=O) groups excluding carboxylic acids is 1.